The van der Waals surface area contributed by atoms with Gasteiger partial charge in [-0.15, -0.1) is 10.2 Å². The van der Waals surface area contributed by atoms with Crippen molar-refractivity contribution in [1.82, 2.24) is 20.2 Å². The van der Waals surface area contributed by atoms with Gasteiger partial charge in [-0.05, 0) is 29.8 Å². The number of aromatic nitrogens is 4. The van der Waals surface area contributed by atoms with Crippen LogP contribution in [0.1, 0.15) is 12.8 Å². The molecule has 0 aliphatic heterocycles. The SMILES string of the molecule is O=C(CCCn1nnc(-c2ccccc2)n1)Nc1ccc(Cl)cc1Cl. The van der Waals surface area contributed by atoms with Crippen LogP contribution < -0.4 is 5.32 Å². The number of hydrogen-bond acceptors (Lipinski definition) is 4. The lowest BCUT2D eigenvalue weighted by molar-refractivity contribution is -0.116. The summed E-state index contributed by atoms with van der Waals surface area (Å²) in [5.41, 5.74) is 1.45. The van der Waals surface area contributed by atoms with E-state index >= 15 is 0 Å². The molecule has 0 radical (unpaired) electrons. The van der Waals surface area contributed by atoms with Gasteiger partial charge in [0.25, 0.3) is 0 Å². The average molecular weight is 376 g/mol. The molecule has 3 aromatic rings. The van der Waals surface area contributed by atoms with Crippen LogP contribution in [0.2, 0.25) is 10.0 Å². The molecule has 1 amide bonds. The van der Waals surface area contributed by atoms with Crippen LogP contribution in [0.5, 0.6) is 0 Å². The van der Waals surface area contributed by atoms with Gasteiger partial charge in [0.05, 0.1) is 17.3 Å². The molecular formula is C17H15Cl2N5O. The van der Waals surface area contributed by atoms with Gasteiger partial charge in [-0.1, -0.05) is 53.5 Å². The van der Waals surface area contributed by atoms with E-state index in [0.717, 1.165) is 5.56 Å². The Hall–Kier alpha value is -2.44. The first kappa shape index (κ1) is 17.4. The summed E-state index contributed by atoms with van der Waals surface area (Å²) in [6.07, 6.45) is 0.906. The summed E-state index contributed by atoms with van der Waals surface area (Å²) in [4.78, 5) is 13.5. The maximum absolute atomic E-state index is 12.0. The molecule has 1 heterocycles. The van der Waals surface area contributed by atoms with Crippen molar-refractivity contribution in [2.45, 2.75) is 19.4 Å². The first-order chi connectivity index (χ1) is 12.1. The third kappa shape index (κ3) is 4.78. The molecule has 0 aliphatic carbocycles. The molecule has 25 heavy (non-hydrogen) atoms. The van der Waals surface area contributed by atoms with Gasteiger partial charge in [0, 0.05) is 17.0 Å². The molecule has 0 saturated heterocycles. The molecule has 0 atom stereocenters. The summed E-state index contributed by atoms with van der Waals surface area (Å²) in [5, 5.41) is 16.0. The number of carbonyl (C=O) groups excluding carboxylic acids is 1. The number of benzene rings is 2. The lowest BCUT2D eigenvalue weighted by Crippen LogP contribution is -2.13. The number of nitrogens with one attached hydrogen (secondary N) is 1. The van der Waals surface area contributed by atoms with Crippen molar-refractivity contribution in [3.8, 4) is 11.4 Å². The Balaban J connectivity index is 1.49. The van der Waals surface area contributed by atoms with Crippen molar-refractivity contribution >= 4 is 34.8 Å². The molecule has 2 aromatic carbocycles. The molecular weight excluding hydrogens is 361 g/mol. The fraction of sp³-hybridized carbons (Fsp3) is 0.176. The maximum Gasteiger partial charge on any atom is 0.224 e. The topological polar surface area (TPSA) is 72.7 Å². The number of anilines is 1. The largest absolute Gasteiger partial charge is 0.325 e. The minimum atomic E-state index is -0.132. The zero-order valence-electron chi connectivity index (χ0n) is 13.2. The molecule has 8 heteroatoms. The van der Waals surface area contributed by atoms with Gasteiger partial charge in [-0.2, -0.15) is 4.80 Å². The number of amides is 1. The van der Waals surface area contributed by atoms with Gasteiger partial charge in [0.15, 0.2) is 0 Å². The Kier molecular flexibility index (Phi) is 5.63. The predicted molar refractivity (Wildman–Crippen MR) is 97.6 cm³/mol. The molecule has 0 saturated carbocycles. The monoisotopic (exact) mass is 375 g/mol. The van der Waals surface area contributed by atoms with E-state index < -0.39 is 0 Å². The number of halogens is 2. The highest BCUT2D eigenvalue weighted by molar-refractivity contribution is 6.36. The first-order valence-corrected chi connectivity index (χ1v) is 8.45. The number of carbonyl (C=O) groups is 1. The molecule has 1 N–H and O–H groups in total. The molecule has 3 rings (SSSR count). The Bertz CT molecular complexity index is 866. The van der Waals surface area contributed by atoms with Crippen molar-refractivity contribution in [2.24, 2.45) is 0 Å². The summed E-state index contributed by atoms with van der Waals surface area (Å²) in [6, 6.07) is 14.5. The van der Waals surface area contributed by atoms with E-state index in [-0.39, 0.29) is 5.91 Å². The summed E-state index contributed by atoms with van der Waals surface area (Å²) in [5.74, 6) is 0.436. The number of tetrazole rings is 1. The first-order valence-electron chi connectivity index (χ1n) is 7.70. The number of aryl methyl sites for hydroxylation is 1. The smallest absolute Gasteiger partial charge is 0.224 e. The fourth-order valence-corrected chi connectivity index (χ4v) is 2.68. The standard InChI is InChI=1S/C17H15Cl2N5O/c18-13-8-9-15(14(19)11-13)20-16(25)7-4-10-24-22-17(21-23-24)12-5-2-1-3-6-12/h1-3,5-6,8-9,11H,4,7,10H2,(H,20,25). The molecule has 0 aliphatic rings. The van der Waals surface area contributed by atoms with Crippen LogP contribution in [-0.2, 0) is 11.3 Å². The van der Waals surface area contributed by atoms with Crippen molar-refractivity contribution in [3.63, 3.8) is 0 Å². The van der Waals surface area contributed by atoms with Crippen molar-refractivity contribution < 1.29 is 4.79 Å². The summed E-state index contributed by atoms with van der Waals surface area (Å²) in [7, 11) is 0. The Morgan fingerprint density at radius 3 is 2.68 bits per heavy atom. The highest BCUT2D eigenvalue weighted by Gasteiger charge is 2.08. The number of nitrogens with zero attached hydrogens (tertiary/aromatic N) is 4. The highest BCUT2D eigenvalue weighted by Crippen LogP contribution is 2.25. The Labute approximate surface area is 154 Å². The van der Waals surface area contributed by atoms with Crippen LogP contribution in [0, 0.1) is 0 Å². The summed E-state index contributed by atoms with van der Waals surface area (Å²) in [6.45, 7) is 0.502. The molecule has 128 valence electrons. The molecule has 0 spiro atoms. The second-order valence-electron chi connectivity index (χ2n) is 5.35. The molecule has 0 bridgehead atoms. The van der Waals surface area contributed by atoms with Crippen LogP contribution in [-0.4, -0.2) is 26.1 Å². The van der Waals surface area contributed by atoms with E-state index in [2.05, 4.69) is 20.7 Å². The summed E-state index contributed by atoms with van der Waals surface area (Å²) < 4.78 is 0. The quantitative estimate of drug-likeness (QED) is 0.704. The van der Waals surface area contributed by atoms with Crippen LogP contribution in [0.4, 0.5) is 5.69 Å². The van der Waals surface area contributed by atoms with Crippen molar-refractivity contribution in [2.75, 3.05) is 5.32 Å². The summed E-state index contributed by atoms with van der Waals surface area (Å²) >= 11 is 11.9. The molecule has 0 unspecified atom stereocenters. The minimum Gasteiger partial charge on any atom is -0.325 e. The van der Waals surface area contributed by atoms with Gasteiger partial charge < -0.3 is 5.32 Å². The molecule has 0 fully saturated rings. The fourth-order valence-electron chi connectivity index (χ4n) is 2.23. The Morgan fingerprint density at radius 1 is 1.12 bits per heavy atom. The maximum atomic E-state index is 12.0. The second kappa shape index (κ2) is 8.09. The van der Waals surface area contributed by atoms with Crippen LogP contribution in [0.3, 0.4) is 0 Å². The van der Waals surface area contributed by atoms with Crippen molar-refractivity contribution in [1.29, 1.82) is 0 Å². The lowest BCUT2D eigenvalue weighted by atomic mass is 10.2. The second-order valence-corrected chi connectivity index (χ2v) is 6.19. The third-order valence-corrected chi connectivity index (χ3v) is 4.00. The van der Waals surface area contributed by atoms with E-state index in [1.165, 1.54) is 4.80 Å². The van der Waals surface area contributed by atoms with Gasteiger partial charge >= 0.3 is 0 Å². The van der Waals surface area contributed by atoms with Crippen LogP contribution in [0.25, 0.3) is 11.4 Å². The highest BCUT2D eigenvalue weighted by atomic mass is 35.5. The lowest BCUT2D eigenvalue weighted by Gasteiger charge is -2.07. The zero-order valence-corrected chi connectivity index (χ0v) is 14.7. The predicted octanol–water partition coefficient (Wildman–Crippen LogP) is 4.07. The van der Waals surface area contributed by atoms with E-state index in [0.29, 0.717) is 40.9 Å². The average Bonchev–Trinajstić information content (AvgIpc) is 3.07. The van der Waals surface area contributed by atoms with E-state index in [1.807, 2.05) is 30.3 Å². The van der Waals surface area contributed by atoms with Crippen molar-refractivity contribution in [3.05, 3.63) is 58.6 Å². The minimum absolute atomic E-state index is 0.132. The van der Waals surface area contributed by atoms with E-state index in [1.54, 1.807) is 18.2 Å². The van der Waals surface area contributed by atoms with Gasteiger partial charge in [-0.3, -0.25) is 4.79 Å². The van der Waals surface area contributed by atoms with Gasteiger partial charge in [-0.25, -0.2) is 0 Å². The van der Waals surface area contributed by atoms with Crippen LogP contribution >= 0.6 is 23.2 Å². The van der Waals surface area contributed by atoms with E-state index in [4.69, 9.17) is 23.2 Å². The zero-order chi connectivity index (χ0) is 17.6. The Morgan fingerprint density at radius 2 is 1.92 bits per heavy atom. The van der Waals surface area contributed by atoms with Gasteiger partial charge in [0.2, 0.25) is 11.7 Å². The molecule has 6 nitrogen and oxygen atoms in total. The third-order valence-electron chi connectivity index (χ3n) is 3.45. The molecule has 1 aromatic heterocycles. The van der Waals surface area contributed by atoms with Gasteiger partial charge in [0.1, 0.15) is 0 Å². The van der Waals surface area contributed by atoms with Crippen LogP contribution in [0.15, 0.2) is 48.5 Å². The van der Waals surface area contributed by atoms with E-state index in [9.17, 15) is 4.79 Å². The number of hydrogen-bond donors (Lipinski definition) is 1. The normalized spacial score (nSPS) is 10.6. The number of rotatable bonds is 6.